The summed E-state index contributed by atoms with van der Waals surface area (Å²) in [5.74, 6) is 2.07. The first kappa shape index (κ1) is 21.7. The zero-order valence-electron chi connectivity index (χ0n) is 18.7. The van der Waals surface area contributed by atoms with Crippen LogP contribution in [0.15, 0.2) is 53.1 Å². The first-order chi connectivity index (χ1) is 15.6. The summed E-state index contributed by atoms with van der Waals surface area (Å²) in [7, 11) is 3.44. The van der Waals surface area contributed by atoms with Gasteiger partial charge in [-0.3, -0.25) is 4.79 Å². The predicted molar refractivity (Wildman–Crippen MR) is 122 cm³/mol. The maximum Gasteiger partial charge on any atom is 0.324 e. The lowest BCUT2D eigenvalue weighted by Gasteiger charge is -2.32. The van der Waals surface area contributed by atoms with Gasteiger partial charge < -0.3 is 23.8 Å². The Morgan fingerprint density at radius 1 is 1.16 bits per heavy atom. The van der Waals surface area contributed by atoms with Crippen LogP contribution in [0, 0.1) is 5.92 Å². The van der Waals surface area contributed by atoms with Crippen molar-refractivity contribution >= 4 is 17.6 Å². The summed E-state index contributed by atoms with van der Waals surface area (Å²) in [6, 6.07) is 15.6. The number of ether oxygens (including phenoxy) is 2. The largest absolute Gasteiger partial charge is 0.497 e. The van der Waals surface area contributed by atoms with Crippen LogP contribution in [0.1, 0.15) is 19.8 Å². The second-order valence-electron chi connectivity index (χ2n) is 7.69. The second kappa shape index (κ2) is 9.72. The Morgan fingerprint density at radius 2 is 1.88 bits per heavy atom. The summed E-state index contributed by atoms with van der Waals surface area (Å²) < 4.78 is 16.4. The Balaban J connectivity index is 1.38. The Bertz CT molecular complexity index is 1040. The van der Waals surface area contributed by atoms with Gasteiger partial charge in [0.1, 0.15) is 11.5 Å². The number of methoxy groups -OCH3 is 1. The maximum absolute atomic E-state index is 13.1. The molecule has 8 heteroatoms. The third-order valence-electron chi connectivity index (χ3n) is 5.74. The van der Waals surface area contributed by atoms with Gasteiger partial charge in [0.25, 0.3) is 0 Å². The average Bonchev–Trinajstić information content (AvgIpc) is 3.34. The van der Waals surface area contributed by atoms with E-state index < -0.39 is 0 Å². The molecular weight excluding hydrogens is 408 g/mol. The van der Waals surface area contributed by atoms with E-state index in [1.165, 1.54) is 0 Å². The normalized spacial score (nSPS) is 14.3. The van der Waals surface area contributed by atoms with Crippen molar-refractivity contribution in [1.82, 2.24) is 10.1 Å². The lowest BCUT2D eigenvalue weighted by molar-refractivity contribution is -0.122. The van der Waals surface area contributed by atoms with Crippen molar-refractivity contribution in [2.75, 3.05) is 43.7 Å². The number of para-hydroxylation sites is 2. The van der Waals surface area contributed by atoms with Crippen molar-refractivity contribution in [2.24, 2.45) is 5.92 Å². The van der Waals surface area contributed by atoms with Gasteiger partial charge in [-0.1, -0.05) is 17.3 Å². The molecule has 2 aromatic carbocycles. The molecule has 4 rings (SSSR count). The lowest BCUT2D eigenvalue weighted by atomic mass is 9.95. The van der Waals surface area contributed by atoms with Crippen LogP contribution >= 0.6 is 0 Å². The van der Waals surface area contributed by atoms with Gasteiger partial charge in [-0.05, 0) is 56.2 Å². The van der Waals surface area contributed by atoms with Crippen LogP contribution in [-0.4, -0.2) is 49.9 Å². The van der Waals surface area contributed by atoms with Gasteiger partial charge in [-0.15, -0.1) is 0 Å². The van der Waals surface area contributed by atoms with Crippen LogP contribution in [0.4, 0.5) is 11.7 Å². The summed E-state index contributed by atoms with van der Waals surface area (Å²) in [6.45, 7) is 3.86. The number of hydrogen-bond acceptors (Lipinski definition) is 7. The van der Waals surface area contributed by atoms with E-state index in [2.05, 4.69) is 10.1 Å². The van der Waals surface area contributed by atoms with Crippen molar-refractivity contribution in [3.8, 4) is 22.9 Å². The van der Waals surface area contributed by atoms with E-state index in [-0.39, 0.29) is 11.8 Å². The number of rotatable bonds is 7. The zero-order chi connectivity index (χ0) is 22.5. The second-order valence-corrected chi connectivity index (χ2v) is 7.69. The highest BCUT2D eigenvalue weighted by atomic mass is 16.5. The molecule has 1 fully saturated rings. The van der Waals surface area contributed by atoms with Gasteiger partial charge in [0.05, 0.1) is 19.4 Å². The fraction of sp³-hybridized carbons (Fsp3) is 0.375. The number of carbonyl (C=O) groups is 1. The third kappa shape index (κ3) is 4.54. The molecule has 0 spiro atoms. The molecule has 168 valence electrons. The summed E-state index contributed by atoms with van der Waals surface area (Å²) in [5.41, 5.74) is 1.66. The van der Waals surface area contributed by atoms with E-state index in [1.807, 2.05) is 67.4 Å². The number of anilines is 2. The molecule has 0 aliphatic carbocycles. The van der Waals surface area contributed by atoms with Crippen LogP contribution in [0.25, 0.3) is 11.4 Å². The molecular formula is C24H28N4O4. The van der Waals surface area contributed by atoms with E-state index in [1.54, 1.807) is 12.0 Å². The first-order valence-electron chi connectivity index (χ1n) is 10.8. The van der Waals surface area contributed by atoms with Crippen LogP contribution < -0.4 is 19.3 Å². The fourth-order valence-corrected chi connectivity index (χ4v) is 3.92. The van der Waals surface area contributed by atoms with Gasteiger partial charge >= 0.3 is 6.01 Å². The smallest absolute Gasteiger partial charge is 0.324 e. The highest BCUT2D eigenvalue weighted by molar-refractivity contribution is 5.96. The molecule has 0 unspecified atom stereocenters. The number of benzene rings is 2. The highest BCUT2D eigenvalue weighted by Crippen LogP contribution is 2.31. The van der Waals surface area contributed by atoms with E-state index in [4.69, 9.17) is 14.0 Å². The quantitative estimate of drug-likeness (QED) is 0.553. The van der Waals surface area contributed by atoms with E-state index >= 15 is 0 Å². The van der Waals surface area contributed by atoms with Gasteiger partial charge in [-0.25, -0.2) is 0 Å². The first-order valence-corrected chi connectivity index (χ1v) is 10.8. The van der Waals surface area contributed by atoms with E-state index in [9.17, 15) is 4.79 Å². The minimum atomic E-state index is -0.0603. The van der Waals surface area contributed by atoms with Crippen molar-refractivity contribution in [1.29, 1.82) is 0 Å². The van der Waals surface area contributed by atoms with E-state index in [0.717, 1.165) is 35.6 Å². The average molecular weight is 437 g/mol. The van der Waals surface area contributed by atoms with Crippen LogP contribution in [0.5, 0.6) is 11.5 Å². The SMILES string of the molecule is CCOc1ccccc1N(C)C(=O)C1CCN(c2nc(-c3ccc(OC)cc3)no2)CC1. The summed E-state index contributed by atoms with van der Waals surface area (Å²) >= 11 is 0. The van der Waals surface area contributed by atoms with Gasteiger partial charge in [-0.2, -0.15) is 4.98 Å². The van der Waals surface area contributed by atoms with Crippen molar-refractivity contribution < 1.29 is 18.8 Å². The monoisotopic (exact) mass is 436 g/mol. The van der Waals surface area contributed by atoms with Crippen molar-refractivity contribution in [3.63, 3.8) is 0 Å². The molecule has 0 radical (unpaired) electrons. The molecule has 1 amide bonds. The number of nitrogens with zero attached hydrogens (tertiary/aromatic N) is 4. The number of amides is 1. The topological polar surface area (TPSA) is 80.9 Å². The fourth-order valence-electron chi connectivity index (χ4n) is 3.92. The lowest BCUT2D eigenvalue weighted by Crippen LogP contribution is -2.41. The molecule has 1 saturated heterocycles. The van der Waals surface area contributed by atoms with Crippen LogP contribution in [0.2, 0.25) is 0 Å². The third-order valence-corrected chi connectivity index (χ3v) is 5.74. The number of piperidine rings is 1. The van der Waals surface area contributed by atoms with Crippen molar-refractivity contribution in [3.05, 3.63) is 48.5 Å². The van der Waals surface area contributed by atoms with Crippen molar-refractivity contribution in [2.45, 2.75) is 19.8 Å². The molecule has 0 N–H and O–H groups in total. The Kier molecular flexibility index (Phi) is 6.58. The van der Waals surface area contributed by atoms with Crippen LogP contribution in [0.3, 0.4) is 0 Å². The maximum atomic E-state index is 13.1. The molecule has 8 nitrogen and oxygen atoms in total. The number of hydrogen-bond donors (Lipinski definition) is 0. The Hall–Kier alpha value is -3.55. The summed E-state index contributed by atoms with van der Waals surface area (Å²) in [4.78, 5) is 21.4. The summed E-state index contributed by atoms with van der Waals surface area (Å²) in [5, 5.41) is 4.11. The molecule has 1 aliphatic rings. The molecule has 0 bridgehead atoms. The molecule has 2 heterocycles. The number of carbonyl (C=O) groups excluding carboxylic acids is 1. The molecule has 32 heavy (non-hydrogen) atoms. The van der Waals surface area contributed by atoms with E-state index in [0.29, 0.717) is 31.5 Å². The molecule has 1 aromatic heterocycles. The Labute approximate surface area is 187 Å². The Morgan fingerprint density at radius 3 is 2.56 bits per heavy atom. The minimum absolute atomic E-state index is 0.0603. The van der Waals surface area contributed by atoms with Gasteiger partial charge in [0.2, 0.25) is 11.7 Å². The standard InChI is InChI=1S/C24H28N4O4/c1-4-31-21-8-6-5-7-20(21)27(2)23(29)18-13-15-28(16-14-18)24-25-22(26-32-24)17-9-11-19(30-3)12-10-17/h5-12,18H,4,13-16H2,1-3H3. The van der Waals surface area contributed by atoms with Gasteiger partial charge in [0.15, 0.2) is 0 Å². The molecule has 0 saturated carbocycles. The molecule has 1 aliphatic heterocycles. The highest BCUT2D eigenvalue weighted by Gasteiger charge is 2.30. The molecule has 3 aromatic rings. The minimum Gasteiger partial charge on any atom is -0.497 e. The summed E-state index contributed by atoms with van der Waals surface area (Å²) in [6.07, 6.45) is 1.44. The zero-order valence-corrected chi connectivity index (χ0v) is 18.7. The van der Waals surface area contributed by atoms with Gasteiger partial charge in [0, 0.05) is 31.6 Å². The van der Waals surface area contributed by atoms with Crippen LogP contribution in [-0.2, 0) is 4.79 Å². The molecule has 0 atom stereocenters. The predicted octanol–water partition coefficient (Wildman–Crippen LogP) is 4.02. The number of aromatic nitrogens is 2.